The Labute approximate surface area is 160 Å². The Bertz CT molecular complexity index is 613. The van der Waals surface area contributed by atoms with Crippen molar-refractivity contribution >= 4 is 35.8 Å². The van der Waals surface area contributed by atoms with E-state index in [-0.39, 0.29) is 24.0 Å². The summed E-state index contributed by atoms with van der Waals surface area (Å²) in [5.74, 6) is 2.71. The lowest BCUT2D eigenvalue weighted by molar-refractivity contribution is 0.507. The molecule has 0 radical (unpaired) electrons. The van der Waals surface area contributed by atoms with Crippen molar-refractivity contribution in [3.05, 3.63) is 48.0 Å². The molecule has 2 N–H and O–H groups in total. The highest BCUT2D eigenvalue weighted by Crippen LogP contribution is 2.15. The summed E-state index contributed by atoms with van der Waals surface area (Å²) in [5.41, 5.74) is 1.10. The summed E-state index contributed by atoms with van der Waals surface area (Å²) in [4.78, 5) is 11.0. The molecule has 0 unspecified atom stereocenters. The molecule has 0 spiro atoms. The number of aliphatic imine (C=N–C) groups is 1. The van der Waals surface area contributed by atoms with Gasteiger partial charge in [-0.1, -0.05) is 6.07 Å². The van der Waals surface area contributed by atoms with Crippen LogP contribution in [0.4, 0.5) is 5.82 Å². The first-order valence-electron chi connectivity index (χ1n) is 7.86. The monoisotopic (exact) mass is 443 g/mol. The lowest BCUT2D eigenvalue weighted by atomic mass is 10.2. The van der Waals surface area contributed by atoms with E-state index in [0.717, 1.165) is 42.6 Å². The summed E-state index contributed by atoms with van der Waals surface area (Å²) >= 11 is 0. The number of nitrogens with zero attached hydrogens (tertiary/aromatic N) is 3. The number of hydrogen-bond acceptors (Lipinski definition) is 4. The molecule has 0 saturated heterocycles. The smallest absolute Gasteiger partial charge is 0.191 e. The lowest BCUT2D eigenvalue weighted by Gasteiger charge is -2.15. The first-order valence-corrected chi connectivity index (χ1v) is 7.86. The predicted octanol–water partition coefficient (Wildman–Crippen LogP) is 2.66. The summed E-state index contributed by atoms with van der Waals surface area (Å²) in [5, 5.41) is 6.58. The highest BCUT2D eigenvalue weighted by atomic mass is 127. The molecule has 2 rings (SSSR count). The second-order valence-corrected chi connectivity index (χ2v) is 5.33. The van der Waals surface area contributed by atoms with Crippen LogP contribution in [-0.4, -0.2) is 38.1 Å². The van der Waals surface area contributed by atoms with Gasteiger partial charge in [0.05, 0.1) is 12.8 Å². The zero-order valence-corrected chi connectivity index (χ0v) is 16.8. The maximum Gasteiger partial charge on any atom is 0.191 e. The van der Waals surface area contributed by atoms with E-state index >= 15 is 0 Å². The molecule has 0 aliphatic heterocycles. The van der Waals surface area contributed by atoms with Crippen LogP contribution in [0.25, 0.3) is 0 Å². The van der Waals surface area contributed by atoms with Gasteiger partial charge in [0.2, 0.25) is 0 Å². The normalized spacial score (nSPS) is 10.9. The summed E-state index contributed by atoms with van der Waals surface area (Å²) in [6.07, 6.45) is 4.32. The maximum atomic E-state index is 5.33. The SMILES string of the molecule is CCNC(=NCc1cccnc1N(C)C)NCCc1ccco1.I. The summed E-state index contributed by atoms with van der Waals surface area (Å²) in [7, 11) is 3.98. The second kappa shape index (κ2) is 10.9. The average Bonchev–Trinajstić information content (AvgIpc) is 3.06. The lowest BCUT2D eigenvalue weighted by Crippen LogP contribution is -2.38. The Morgan fingerprint density at radius 2 is 2.08 bits per heavy atom. The highest BCUT2D eigenvalue weighted by Gasteiger charge is 2.05. The fourth-order valence-corrected chi connectivity index (χ4v) is 2.22. The van der Waals surface area contributed by atoms with Crippen LogP contribution in [0.5, 0.6) is 0 Å². The van der Waals surface area contributed by atoms with Crippen LogP contribution < -0.4 is 15.5 Å². The van der Waals surface area contributed by atoms with E-state index < -0.39 is 0 Å². The van der Waals surface area contributed by atoms with Crippen LogP contribution >= 0.6 is 24.0 Å². The van der Waals surface area contributed by atoms with Crippen molar-refractivity contribution in [2.24, 2.45) is 4.99 Å². The van der Waals surface area contributed by atoms with Crippen molar-refractivity contribution < 1.29 is 4.42 Å². The minimum atomic E-state index is 0. The van der Waals surface area contributed by atoms with Gasteiger partial charge in [0.25, 0.3) is 0 Å². The molecule has 6 nitrogen and oxygen atoms in total. The largest absolute Gasteiger partial charge is 0.469 e. The van der Waals surface area contributed by atoms with Gasteiger partial charge in [-0.25, -0.2) is 9.98 Å². The van der Waals surface area contributed by atoms with Crippen LogP contribution in [-0.2, 0) is 13.0 Å². The van der Waals surface area contributed by atoms with Crippen LogP contribution in [0.2, 0.25) is 0 Å². The van der Waals surface area contributed by atoms with Gasteiger partial charge in [-0.3, -0.25) is 0 Å². The van der Waals surface area contributed by atoms with Gasteiger partial charge in [0.15, 0.2) is 5.96 Å². The van der Waals surface area contributed by atoms with Gasteiger partial charge in [0.1, 0.15) is 11.6 Å². The second-order valence-electron chi connectivity index (χ2n) is 5.33. The zero-order chi connectivity index (χ0) is 16.5. The third kappa shape index (κ3) is 6.38. The van der Waals surface area contributed by atoms with E-state index in [4.69, 9.17) is 4.42 Å². The Morgan fingerprint density at radius 3 is 2.75 bits per heavy atom. The fraction of sp³-hybridized carbons (Fsp3) is 0.412. The highest BCUT2D eigenvalue weighted by molar-refractivity contribution is 14.0. The van der Waals surface area contributed by atoms with E-state index in [0.29, 0.717) is 6.54 Å². The van der Waals surface area contributed by atoms with Crippen molar-refractivity contribution in [2.45, 2.75) is 19.9 Å². The maximum absolute atomic E-state index is 5.33. The van der Waals surface area contributed by atoms with Crippen LogP contribution in [0.15, 0.2) is 46.1 Å². The molecule has 7 heteroatoms. The Morgan fingerprint density at radius 1 is 1.25 bits per heavy atom. The molecule has 0 amide bonds. The van der Waals surface area contributed by atoms with Crippen LogP contribution in [0, 0.1) is 0 Å². The first kappa shape index (κ1) is 20.3. The molecule has 0 aromatic carbocycles. The molecule has 24 heavy (non-hydrogen) atoms. The van der Waals surface area contributed by atoms with Crippen molar-refractivity contribution in [1.29, 1.82) is 0 Å². The molecule has 2 aromatic heterocycles. The van der Waals surface area contributed by atoms with Gasteiger partial charge >= 0.3 is 0 Å². The number of rotatable bonds is 7. The number of aromatic nitrogens is 1. The Kier molecular flexibility index (Phi) is 9.21. The number of pyridine rings is 1. The number of halogens is 1. The quantitative estimate of drug-likeness (QED) is 0.392. The third-order valence-electron chi connectivity index (χ3n) is 3.29. The standard InChI is InChI=1S/C17H25N5O.HI/c1-4-18-17(20-11-9-15-8-6-12-23-15)21-13-14-7-5-10-19-16(14)22(2)3;/h5-8,10,12H,4,9,11,13H2,1-3H3,(H2,18,20,21);1H. The van der Waals surface area contributed by atoms with Crippen LogP contribution in [0.1, 0.15) is 18.2 Å². The molecule has 0 aliphatic carbocycles. The fourth-order valence-electron chi connectivity index (χ4n) is 2.22. The van der Waals surface area contributed by atoms with E-state index in [1.807, 2.05) is 37.2 Å². The summed E-state index contributed by atoms with van der Waals surface area (Å²) in [6.45, 7) is 4.23. The zero-order valence-electron chi connectivity index (χ0n) is 14.5. The summed E-state index contributed by atoms with van der Waals surface area (Å²) < 4.78 is 5.33. The molecular weight excluding hydrogens is 417 g/mol. The number of hydrogen-bond donors (Lipinski definition) is 2. The molecule has 2 heterocycles. The molecule has 0 fully saturated rings. The minimum Gasteiger partial charge on any atom is -0.469 e. The third-order valence-corrected chi connectivity index (χ3v) is 3.29. The number of anilines is 1. The minimum absolute atomic E-state index is 0. The Hall–Kier alpha value is -1.77. The number of guanidine groups is 1. The van der Waals surface area contributed by atoms with E-state index in [9.17, 15) is 0 Å². The molecule has 2 aromatic rings. The predicted molar refractivity (Wildman–Crippen MR) is 109 cm³/mol. The molecule has 132 valence electrons. The molecule has 0 bridgehead atoms. The molecule has 0 atom stereocenters. The van der Waals surface area contributed by atoms with Crippen molar-refractivity contribution in [3.8, 4) is 0 Å². The molecular formula is C17H26IN5O. The van der Waals surface area contributed by atoms with Gasteiger partial charge in [-0.2, -0.15) is 0 Å². The van der Waals surface area contributed by atoms with Gasteiger partial charge < -0.3 is 20.0 Å². The van der Waals surface area contributed by atoms with Gasteiger partial charge in [-0.15, -0.1) is 24.0 Å². The molecule has 0 saturated carbocycles. The summed E-state index contributed by atoms with van der Waals surface area (Å²) in [6, 6.07) is 7.87. The van der Waals surface area contributed by atoms with Crippen molar-refractivity contribution in [2.75, 3.05) is 32.1 Å². The average molecular weight is 443 g/mol. The van der Waals surface area contributed by atoms with E-state index in [1.54, 1.807) is 12.5 Å². The van der Waals surface area contributed by atoms with Gasteiger partial charge in [-0.05, 0) is 25.1 Å². The Balaban J connectivity index is 0.00000288. The topological polar surface area (TPSA) is 65.7 Å². The van der Waals surface area contributed by atoms with Gasteiger partial charge in [0, 0.05) is 45.4 Å². The molecule has 0 aliphatic rings. The van der Waals surface area contributed by atoms with Crippen LogP contribution in [0.3, 0.4) is 0 Å². The number of furan rings is 1. The number of nitrogens with one attached hydrogen (secondary N) is 2. The van der Waals surface area contributed by atoms with E-state index in [1.165, 1.54) is 0 Å². The van der Waals surface area contributed by atoms with E-state index in [2.05, 4.69) is 33.6 Å². The van der Waals surface area contributed by atoms with Crippen molar-refractivity contribution in [3.63, 3.8) is 0 Å². The first-order chi connectivity index (χ1) is 11.2. The van der Waals surface area contributed by atoms with Crippen molar-refractivity contribution in [1.82, 2.24) is 15.6 Å².